The minimum Gasteiger partial charge on any atom is -0.393 e. The lowest BCUT2D eigenvalue weighted by Gasteiger charge is -2.25. The second-order valence-electron chi connectivity index (χ2n) is 5.54. The van der Waals surface area contributed by atoms with Crippen LogP contribution in [0.2, 0.25) is 0 Å². The summed E-state index contributed by atoms with van der Waals surface area (Å²) >= 11 is 0. The largest absolute Gasteiger partial charge is 0.393 e. The Balaban J connectivity index is 2.28. The lowest BCUT2D eigenvalue weighted by Crippen LogP contribution is -2.34. The van der Waals surface area contributed by atoms with Gasteiger partial charge in [-0.15, -0.1) is 0 Å². The van der Waals surface area contributed by atoms with E-state index in [2.05, 4.69) is 4.72 Å². The molecule has 0 saturated heterocycles. The summed E-state index contributed by atoms with van der Waals surface area (Å²) in [6, 6.07) is 0. The summed E-state index contributed by atoms with van der Waals surface area (Å²) in [5.74, 6) is 0.913. The maximum Gasteiger partial charge on any atom is 0.211 e. The predicted octanol–water partition coefficient (Wildman–Crippen LogP) is 1.50. The molecule has 2 atom stereocenters. The molecule has 0 aromatic heterocycles. The highest BCUT2D eigenvalue weighted by Crippen LogP contribution is 2.23. The third-order valence-corrected chi connectivity index (χ3v) is 4.69. The van der Waals surface area contributed by atoms with Crippen LogP contribution in [0.4, 0.5) is 0 Å². The van der Waals surface area contributed by atoms with Crippen molar-refractivity contribution in [3.8, 4) is 0 Å². The molecule has 1 fully saturated rings. The Bertz CT molecular complexity index is 314. The zero-order chi connectivity index (χ0) is 12.9. The molecule has 0 radical (unpaired) electrons. The highest BCUT2D eigenvalue weighted by Gasteiger charge is 2.21. The second-order valence-corrected chi connectivity index (χ2v) is 7.46. The van der Waals surface area contributed by atoms with Crippen molar-refractivity contribution in [2.75, 3.05) is 12.3 Å². The van der Waals surface area contributed by atoms with Gasteiger partial charge < -0.3 is 5.11 Å². The summed E-state index contributed by atoms with van der Waals surface area (Å²) in [7, 11) is -3.13. The first-order valence-corrected chi connectivity index (χ1v) is 8.19. The molecular weight excluding hydrogens is 238 g/mol. The molecule has 0 spiro atoms. The van der Waals surface area contributed by atoms with Crippen molar-refractivity contribution < 1.29 is 13.5 Å². The van der Waals surface area contributed by atoms with Crippen LogP contribution in [0, 0.1) is 11.8 Å². The van der Waals surface area contributed by atoms with Crippen LogP contribution in [0.15, 0.2) is 0 Å². The molecule has 0 aliphatic heterocycles. The van der Waals surface area contributed by atoms with E-state index in [1.165, 1.54) is 0 Å². The number of nitrogens with one attached hydrogen (secondary N) is 1. The van der Waals surface area contributed by atoms with E-state index in [1.54, 1.807) is 0 Å². The van der Waals surface area contributed by atoms with Crippen LogP contribution in [-0.2, 0) is 10.0 Å². The molecular formula is C12H25NO3S. The molecule has 5 heteroatoms. The summed E-state index contributed by atoms with van der Waals surface area (Å²) < 4.78 is 26.0. The van der Waals surface area contributed by atoms with Crippen LogP contribution in [0.3, 0.4) is 0 Å². The van der Waals surface area contributed by atoms with E-state index in [-0.39, 0.29) is 11.9 Å². The number of hydrogen-bond acceptors (Lipinski definition) is 3. The van der Waals surface area contributed by atoms with Gasteiger partial charge in [-0.2, -0.15) is 0 Å². The van der Waals surface area contributed by atoms with Gasteiger partial charge in [0.05, 0.1) is 11.9 Å². The van der Waals surface area contributed by atoms with Gasteiger partial charge in [0, 0.05) is 6.54 Å². The van der Waals surface area contributed by atoms with Crippen LogP contribution >= 0.6 is 0 Å². The van der Waals surface area contributed by atoms with Crippen molar-refractivity contribution >= 4 is 10.0 Å². The minimum atomic E-state index is -3.13. The Hall–Kier alpha value is -0.130. The third-order valence-electron chi connectivity index (χ3n) is 3.31. The van der Waals surface area contributed by atoms with Gasteiger partial charge >= 0.3 is 0 Å². The van der Waals surface area contributed by atoms with Crippen LogP contribution in [0.5, 0.6) is 0 Å². The van der Waals surface area contributed by atoms with Crippen molar-refractivity contribution in [2.45, 2.75) is 52.1 Å². The molecule has 0 amide bonds. The van der Waals surface area contributed by atoms with E-state index >= 15 is 0 Å². The Kier molecular flexibility index (Phi) is 5.89. The summed E-state index contributed by atoms with van der Waals surface area (Å²) in [6.45, 7) is 4.53. The molecule has 2 unspecified atom stereocenters. The van der Waals surface area contributed by atoms with Gasteiger partial charge in [-0.3, -0.25) is 0 Å². The highest BCUT2D eigenvalue weighted by atomic mass is 32.2. The molecule has 4 nitrogen and oxygen atoms in total. The number of rotatable bonds is 6. The van der Waals surface area contributed by atoms with Crippen molar-refractivity contribution in [1.29, 1.82) is 0 Å². The van der Waals surface area contributed by atoms with Crippen molar-refractivity contribution in [3.05, 3.63) is 0 Å². The Morgan fingerprint density at radius 1 is 1.35 bits per heavy atom. The molecule has 0 aromatic rings. The first kappa shape index (κ1) is 14.9. The van der Waals surface area contributed by atoms with Crippen LogP contribution in [0.25, 0.3) is 0 Å². The highest BCUT2D eigenvalue weighted by molar-refractivity contribution is 7.89. The molecule has 17 heavy (non-hydrogen) atoms. The Labute approximate surface area is 105 Å². The van der Waals surface area contributed by atoms with Crippen LogP contribution in [-0.4, -0.2) is 31.9 Å². The fourth-order valence-electron chi connectivity index (χ4n) is 2.16. The zero-order valence-corrected chi connectivity index (χ0v) is 11.7. The van der Waals surface area contributed by atoms with E-state index in [4.69, 9.17) is 0 Å². The lowest BCUT2D eigenvalue weighted by molar-refractivity contribution is 0.102. The van der Waals surface area contributed by atoms with Gasteiger partial charge in [0.1, 0.15) is 0 Å². The lowest BCUT2D eigenvalue weighted by atomic mass is 9.87. The van der Waals surface area contributed by atoms with E-state index in [0.717, 1.165) is 25.7 Å². The fraction of sp³-hybridized carbons (Fsp3) is 1.00. The number of aliphatic hydroxyl groups is 1. The molecule has 0 bridgehead atoms. The number of aliphatic hydroxyl groups excluding tert-OH is 1. The second kappa shape index (κ2) is 6.71. The first-order chi connectivity index (χ1) is 7.89. The SMILES string of the molecule is CC(C)CCS(=O)(=O)NCC1CCCC(O)C1. The van der Waals surface area contributed by atoms with E-state index in [9.17, 15) is 13.5 Å². The van der Waals surface area contributed by atoms with Crippen LogP contribution in [0.1, 0.15) is 46.0 Å². The van der Waals surface area contributed by atoms with Crippen molar-refractivity contribution in [1.82, 2.24) is 4.72 Å². The normalized spacial score (nSPS) is 26.4. The van der Waals surface area contributed by atoms with E-state index in [0.29, 0.717) is 24.8 Å². The van der Waals surface area contributed by atoms with Gasteiger partial charge in [0.25, 0.3) is 0 Å². The van der Waals surface area contributed by atoms with Gasteiger partial charge in [-0.1, -0.05) is 20.3 Å². The Morgan fingerprint density at radius 3 is 2.65 bits per heavy atom. The summed E-state index contributed by atoms with van der Waals surface area (Å²) in [4.78, 5) is 0. The average molecular weight is 263 g/mol. The number of hydrogen-bond donors (Lipinski definition) is 2. The molecule has 1 aliphatic carbocycles. The number of sulfonamides is 1. The predicted molar refractivity (Wildman–Crippen MR) is 69.2 cm³/mol. The average Bonchev–Trinajstić information content (AvgIpc) is 2.24. The Morgan fingerprint density at radius 2 is 2.06 bits per heavy atom. The topological polar surface area (TPSA) is 66.4 Å². The molecule has 1 aliphatic rings. The molecule has 1 saturated carbocycles. The smallest absolute Gasteiger partial charge is 0.211 e. The molecule has 0 aromatic carbocycles. The minimum absolute atomic E-state index is 0.208. The van der Waals surface area contributed by atoms with E-state index in [1.807, 2.05) is 13.8 Å². The maximum absolute atomic E-state index is 11.7. The maximum atomic E-state index is 11.7. The van der Waals surface area contributed by atoms with Gasteiger partial charge in [0.15, 0.2) is 0 Å². The summed E-state index contributed by atoms with van der Waals surface area (Å²) in [6.07, 6.45) is 4.06. The standard InChI is InChI=1S/C12H25NO3S/c1-10(2)6-7-17(15,16)13-9-11-4-3-5-12(14)8-11/h10-14H,3-9H2,1-2H3. The fourth-order valence-corrected chi connectivity index (χ4v) is 3.57. The van der Waals surface area contributed by atoms with Gasteiger partial charge in [-0.25, -0.2) is 13.1 Å². The monoisotopic (exact) mass is 263 g/mol. The molecule has 2 N–H and O–H groups in total. The third kappa shape index (κ3) is 6.38. The van der Waals surface area contributed by atoms with Crippen molar-refractivity contribution in [2.24, 2.45) is 11.8 Å². The van der Waals surface area contributed by atoms with Gasteiger partial charge in [0.2, 0.25) is 10.0 Å². The summed E-state index contributed by atoms with van der Waals surface area (Å²) in [5.41, 5.74) is 0. The van der Waals surface area contributed by atoms with E-state index < -0.39 is 10.0 Å². The molecule has 1 rings (SSSR count). The van der Waals surface area contributed by atoms with Gasteiger partial charge in [-0.05, 0) is 37.5 Å². The zero-order valence-electron chi connectivity index (χ0n) is 10.9. The molecule has 102 valence electrons. The van der Waals surface area contributed by atoms with Crippen LogP contribution < -0.4 is 4.72 Å². The van der Waals surface area contributed by atoms with Crippen molar-refractivity contribution in [3.63, 3.8) is 0 Å². The summed E-state index contributed by atoms with van der Waals surface area (Å²) in [5, 5.41) is 9.51. The molecule has 0 heterocycles. The first-order valence-electron chi connectivity index (χ1n) is 6.54. The quantitative estimate of drug-likeness (QED) is 0.763.